The van der Waals surface area contributed by atoms with Crippen LogP contribution in [-0.2, 0) is 15.2 Å². The van der Waals surface area contributed by atoms with Gasteiger partial charge in [-0.25, -0.2) is 4.79 Å². The fourth-order valence-corrected chi connectivity index (χ4v) is 2.58. The van der Waals surface area contributed by atoms with Crippen LogP contribution in [0.15, 0.2) is 52.4 Å². The van der Waals surface area contributed by atoms with Crippen LogP contribution in [-0.4, -0.2) is 36.7 Å². The Kier molecular flexibility index (Phi) is 3.27. The van der Waals surface area contributed by atoms with Crippen LogP contribution in [0.25, 0.3) is 10.8 Å². The molecule has 2 aromatic carbocycles. The van der Waals surface area contributed by atoms with Crippen molar-refractivity contribution in [2.24, 2.45) is 9.98 Å². The van der Waals surface area contributed by atoms with Crippen molar-refractivity contribution in [3.8, 4) is 0 Å². The molecule has 106 valence electrons. The molecule has 1 unspecified atom stereocenters. The fourth-order valence-electron chi connectivity index (χ4n) is 2.58. The van der Waals surface area contributed by atoms with E-state index in [9.17, 15) is 9.90 Å². The van der Waals surface area contributed by atoms with Crippen LogP contribution in [0.5, 0.6) is 0 Å². The maximum absolute atomic E-state index is 11.8. The lowest BCUT2D eigenvalue weighted by Gasteiger charge is -2.28. The molecule has 0 saturated carbocycles. The van der Waals surface area contributed by atoms with Crippen molar-refractivity contribution in [2.75, 3.05) is 7.11 Å². The van der Waals surface area contributed by atoms with Crippen LogP contribution in [0.3, 0.4) is 0 Å². The van der Waals surface area contributed by atoms with E-state index in [1.807, 2.05) is 42.5 Å². The zero-order chi connectivity index (χ0) is 14.9. The zero-order valence-corrected chi connectivity index (χ0v) is 11.4. The SMILES string of the molecule is COC(=O)C(O)C1(c2cccc3ccccc23)N=CC=N1. The Hall–Kier alpha value is -2.53. The average Bonchev–Trinajstić information content (AvgIpc) is 3.03. The first-order valence-electron chi connectivity index (χ1n) is 6.52. The number of hydrogen-bond acceptors (Lipinski definition) is 5. The third-order valence-corrected chi connectivity index (χ3v) is 3.60. The van der Waals surface area contributed by atoms with Crippen LogP contribution in [0.1, 0.15) is 5.56 Å². The number of aliphatic hydroxyl groups is 1. The number of carbonyl (C=O) groups is 1. The number of aliphatic hydroxyl groups excluding tert-OH is 1. The van der Waals surface area contributed by atoms with Crippen LogP contribution in [0.2, 0.25) is 0 Å². The topological polar surface area (TPSA) is 71.2 Å². The molecule has 0 radical (unpaired) electrons. The largest absolute Gasteiger partial charge is 0.467 e. The quantitative estimate of drug-likeness (QED) is 0.871. The van der Waals surface area contributed by atoms with Gasteiger partial charge in [0.25, 0.3) is 0 Å². The smallest absolute Gasteiger partial charge is 0.339 e. The van der Waals surface area contributed by atoms with Gasteiger partial charge in [0, 0.05) is 18.0 Å². The molecule has 1 aliphatic heterocycles. The highest BCUT2D eigenvalue weighted by Crippen LogP contribution is 2.37. The maximum atomic E-state index is 11.8. The van der Waals surface area contributed by atoms with Crippen molar-refractivity contribution in [2.45, 2.75) is 11.8 Å². The van der Waals surface area contributed by atoms with Gasteiger partial charge < -0.3 is 9.84 Å². The van der Waals surface area contributed by atoms with Crippen molar-refractivity contribution >= 4 is 29.2 Å². The summed E-state index contributed by atoms with van der Waals surface area (Å²) >= 11 is 0. The second-order valence-electron chi connectivity index (χ2n) is 4.73. The van der Waals surface area contributed by atoms with Gasteiger partial charge in [0.15, 0.2) is 0 Å². The van der Waals surface area contributed by atoms with Gasteiger partial charge in [-0.3, -0.25) is 9.98 Å². The van der Waals surface area contributed by atoms with Gasteiger partial charge >= 0.3 is 5.97 Å². The molecule has 5 heteroatoms. The Morgan fingerprint density at radius 3 is 2.52 bits per heavy atom. The molecule has 1 N–H and O–H groups in total. The summed E-state index contributed by atoms with van der Waals surface area (Å²) in [6, 6.07) is 13.3. The summed E-state index contributed by atoms with van der Waals surface area (Å²) in [6.07, 6.45) is 1.46. The molecule has 2 aromatic rings. The van der Waals surface area contributed by atoms with E-state index >= 15 is 0 Å². The van der Waals surface area contributed by atoms with E-state index in [1.54, 1.807) is 0 Å². The maximum Gasteiger partial charge on any atom is 0.339 e. The number of nitrogens with zero attached hydrogens (tertiary/aromatic N) is 2. The molecule has 21 heavy (non-hydrogen) atoms. The predicted molar refractivity (Wildman–Crippen MR) is 80.6 cm³/mol. The molecule has 1 atom stereocenters. The summed E-state index contributed by atoms with van der Waals surface area (Å²) in [4.78, 5) is 20.3. The van der Waals surface area contributed by atoms with Gasteiger partial charge in [-0.05, 0) is 10.8 Å². The van der Waals surface area contributed by atoms with Crippen molar-refractivity contribution in [3.05, 3.63) is 48.0 Å². The lowest BCUT2D eigenvalue weighted by atomic mass is 9.90. The molecule has 0 spiro atoms. The summed E-state index contributed by atoms with van der Waals surface area (Å²) < 4.78 is 4.65. The molecular formula is C16H14N2O3. The molecule has 1 heterocycles. The van der Waals surface area contributed by atoms with Crippen molar-refractivity contribution in [3.63, 3.8) is 0 Å². The molecule has 0 aromatic heterocycles. The molecule has 0 fully saturated rings. The number of methoxy groups -OCH3 is 1. The minimum atomic E-state index is -1.50. The van der Waals surface area contributed by atoms with Crippen molar-refractivity contribution in [1.82, 2.24) is 0 Å². The van der Waals surface area contributed by atoms with E-state index in [0.717, 1.165) is 10.8 Å². The zero-order valence-electron chi connectivity index (χ0n) is 11.4. The first kappa shape index (κ1) is 13.5. The summed E-state index contributed by atoms with van der Waals surface area (Å²) in [5.41, 5.74) is -0.711. The van der Waals surface area contributed by atoms with Crippen molar-refractivity contribution < 1.29 is 14.6 Å². The Morgan fingerprint density at radius 1 is 1.14 bits per heavy atom. The fraction of sp³-hybridized carbons (Fsp3) is 0.188. The first-order chi connectivity index (χ1) is 10.2. The minimum absolute atomic E-state index is 0.670. The molecular weight excluding hydrogens is 268 g/mol. The number of carbonyl (C=O) groups excluding carboxylic acids is 1. The Morgan fingerprint density at radius 2 is 1.81 bits per heavy atom. The normalized spacial score (nSPS) is 17.0. The number of esters is 1. The van der Waals surface area contributed by atoms with E-state index in [-0.39, 0.29) is 0 Å². The molecule has 0 aliphatic carbocycles. The van der Waals surface area contributed by atoms with Gasteiger partial charge in [-0.1, -0.05) is 42.5 Å². The van der Waals surface area contributed by atoms with Crippen LogP contribution >= 0.6 is 0 Å². The van der Waals surface area contributed by atoms with E-state index < -0.39 is 17.7 Å². The van der Waals surface area contributed by atoms with E-state index in [4.69, 9.17) is 0 Å². The highest BCUT2D eigenvalue weighted by atomic mass is 16.5. The second kappa shape index (κ2) is 5.10. The Balaban J connectivity index is 2.24. The van der Waals surface area contributed by atoms with Gasteiger partial charge in [0.2, 0.25) is 11.8 Å². The number of rotatable bonds is 3. The lowest BCUT2D eigenvalue weighted by molar-refractivity contribution is -0.154. The summed E-state index contributed by atoms with van der Waals surface area (Å²) in [6.45, 7) is 0. The number of aliphatic imine (C=N–C) groups is 2. The minimum Gasteiger partial charge on any atom is -0.467 e. The van der Waals surface area contributed by atoms with E-state index in [0.29, 0.717) is 5.56 Å². The van der Waals surface area contributed by atoms with Crippen LogP contribution < -0.4 is 0 Å². The number of fused-ring (bicyclic) bond motifs is 1. The van der Waals surface area contributed by atoms with Crippen LogP contribution in [0, 0.1) is 0 Å². The monoisotopic (exact) mass is 282 g/mol. The number of hydrogen-bond donors (Lipinski definition) is 1. The third kappa shape index (κ3) is 2.02. The van der Waals surface area contributed by atoms with Crippen molar-refractivity contribution in [1.29, 1.82) is 0 Å². The molecule has 1 aliphatic rings. The Bertz CT molecular complexity index is 735. The number of benzene rings is 2. The molecule has 5 nitrogen and oxygen atoms in total. The first-order valence-corrected chi connectivity index (χ1v) is 6.52. The van der Waals surface area contributed by atoms with Gasteiger partial charge in [0.05, 0.1) is 7.11 Å². The van der Waals surface area contributed by atoms with Gasteiger partial charge in [-0.2, -0.15) is 0 Å². The summed E-state index contributed by atoms with van der Waals surface area (Å²) in [7, 11) is 1.23. The van der Waals surface area contributed by atoms with E-state index in [1.165, 1.54) is 19.5 Å². The van der Waals surface area contributed by atoms with Crippen LogP contribution in [0.4, 0.5) is 0 Å². The molecule has 3 rings (SSSR count). The third-order valence-electron chi connectivity index (χ3n) is 3.60. The van der Waals surface area contributed by atoms with Gasteiger partial charge in [-0.15, -0.1) is 0 Å². The van der Waals surface area contributed by atoms with E-state index in [2.05, 4.69) is 14.7 Å². The lowest BCUT2D eigenvalue weighted by Crippen LogP contribution is -2.41. The average molecular weight is 282 g/mol. The summed E-state index contributed by atoms with van der Waals surface area (Å²) in [5, 5.41) is 12.3. The highest BCUT2D eigenvalue weighted by Gasteiger charge is 2.46. The highest BCUT2D eigenvalue weighted by molar-refractivity contribution is 6.18. The molecule has 0 amide bonds. The molecule has 0 bridgehead atoms. The standard InChI is InChI=1S/C16H14N2O3/c1-21-15(20)14(19)16(17-9-10-18-16)13-8-4-6-11-5-2-3-7-12(11)13/h2-10,14,19H,1H3. The second-order valence-corrected chi connectivity index (χ2v) is 4.73. The number of ether oxygens (including phenoxy) is 1. The molecule has 0 saturated heterocycles. The predicted octanol–water partition coefficient (Wildman–Crippen LogP) is 1.68. The summed E-state index contributed by atoms with van der Waals surface area (Å²) in [5.74, 6) is -0.765. The Labute approximate surface area is 121 Å². The van der Waals surface area contributed by atoms with Gasteiger partial charge in [0.1, 0.15) is 0 Å².